The van der Waals surface area contributed by atoms with Gasteiger partial charge in [0.05, 0.1) is 5.02 Å². The second kappa shape index (κ2) is 6.83. The number of hydrogen-bond acceptors (Lipinski definition) is 2. The van der Waals surface area contributed by atoms with Crippen molar-refractivity contribution in [2.75, 3.05) is 13.1 Å². The number of piperidine rings is 1. The fourth-order valence-corrected chi connectivity index (χ4v) is 3.60. The summed E-state index contributed by atoms with van der Waals surface area (Å²) in [5.74, 6) is 0.825. The van der Waals surface area contributed by atoms with Gasteiger partial charge in [-0.05, 0) is 56.0 Å². The Morgan fingerprint density at radius 1 is 1.33 bits per heavy atom. The molecule has 1 aromatic carbocycles. The van der Waals surface area contributed by atoms with Crippen molar-refractivity contribution in [1.82, 2.24) is 5.32 Å². The third-order valence-electron chi connectivity index (χ3n) is 3.34. The Hall–Kier alpha value is -0.180. The summed E-state index contributed by atoms with van der Waals surface area (Å²) in [5.41, 5.74) is 1.39. The van der Waals surface area contributed by atoms with Gasteiger partial charge in [0.15, 0.2) is 0 Å². The molecule has 1 aliphatic rings. The van der Waals surface area contributed by atoms with E-state index >= 15 is 0 Å². The van der Waals surface area contributed by atoms with Crippen LogP contribution in [0.4, 0.5) is 0 Å². The van der Waals surface area contributed by atoms with Crippen molar-refractivity contribution < 1.29 is 0 Å². The van der Waals surface area contributed by atoms with E-state index in [0.29, 0.717) is 5.25 Å². The molecule has 1 fully saturated rings. The monoisotopic (exact) mass is 283 g/mol. The zero-order valence-corrected chi connectivity index (χ0v) is 12.8. The molecule has 1 nitrogen and oxygen atoms in total. The molecule has 1 aliphatic heterocycles. The van der Waals surface area contributed by atoms with E-state index in [9.17, 15) is 0 Å². The van der Waals surface area contributed by atoms with Crippen molar-refractivity contribution >= 4 is 23.4 Å². The maximum absolute atomic E-state index is 6.36. The highest BCUT2D eigenvalue weighted by atomic mass is 35.5. The largest absolute Gasteiger partial charge is 0.317 e. The Kier molecular flexibility index (Phi) is 5.40. The molecule has 18 heavy (non-hydrogen) atoms. The van der Waals surface area contributed by atoms with Crippen LogP contribution in [0.3, 0.4) is 0 Å². The van der Waals surface area contributed by atoms with Gasteiger partial charge in [0.2, 0.25) is 0 Å². The first-order valence-corrected chi connectivity index (χ1v) is 8.06. The molecule has 100 valence electrons. The number of halogens is 1. The molecular weight excluding hydrogens is 262 g/mol. The standard InChI is InChI=1S/C15H22ClNS/c1-11(2)18-15-4-3-13(10-14(15)16)9-12-5-7-17-8-6-12/h3-4,10-12,17H,5-9H2,1-2H3. The minimum absolute atomic E-state index is 0.581. The van der Waals surface area contributed by atoms with Crippen molar-refractivity contribution in [3.63, 3.8) is 0 Å². The van der Waals surface area contributed by atoms with Gasteiger partial charge < -0.3 is 5.32 Å². The highest BCUT2D eigenvalue weighted by Crippen LogP contribution is 2.31. The Morgan fingerprint density at radius 2 is 2.06 bits per heavy atom. The second-order valence-corrected chi connectivity index (χ2v) is 7.35. The summed E-state index contributed by atoms with van der Waals surface area (Å²) in [7, 11) is 0. The molecule has 0 atom stereocenters. The van der Waals surface area contributed by atoms with Gasteiger partial charge in [-0.15, -0.1) is 11.8 Å². The molecule has 0 aliphatic carbocycles. The molecule has 0 bridgehead atoms. The lowest BCUT2D eigenvalue weighted by molar-refractivity contribution is 0.372. The number of nitrogens with one attached hydrogen (secondary N) is 1. The second-order valence-electron chi connectivity index (χ2n) is 5.33. The molecule has 0 amide bonds. The quantitative estimate of drug-likeness (QED) is 0.823. The summed E-state index contributed by atoms with van der Waals surface area (Å²) in [4.78, 5) is 1.21. The number of thioether (sulfide) groups is 1. The minimum atomic E-state index is 0.581. The summed E-state index contributed by atoms with van der Waals surface area (Å²) in [5, 5.41) is 4.91. The summed E-state index contributed by atoms with van der Waals surface area (Å²) >= 11 is 8.20. The van der Waals surface area contributed by atoms with Crippen molar-refractivity contribution in [3.8, 4) is 0 Å². The predicted molar refractivity (Wildman–Crippen MR) is 81.7 cm³/mol. The Balaban J connectivity index is 1.99. The third kappa shape index (κ3) is 4.18. The molecule has 0 spiro atoms. The van der Waals surface area contributed by atoms with Crippen LogP contribution in [0.1, 0.15) is 32.3 Å². The van der Waals surface area contributed by atoms with E-state index in [0.717, 1.165) is 10.9 Å². The lowest BCUT2D eigenvalue weighted by Crippen LogP contribution is -2.28. The Morgan fingerprint density at radius 3 is 2.67 bits per heavy atom. The molecule has 2 rings (SSSR count). The average molecular weight is 284 g/mol. The van der Waals surface area contributed by atoms with Crippen LogP contribution in [0, 0.1) is 5.92 Å². The highest BCUT2D eigenvalue weighted by molar-refractivity contribution is 8.00. The van der Waals surface area contributed by atoms with Crippen molar-refractivity contribution in [1.29, 1.82) is 0 Å². The molecule has 1 saturated heterocycles. The van der Waals surface area contributed by atoms with E-state index in [4.69, 9.17) is 11.6 Å². The molecule has 1 aromatic rings. The van der Waals surface area contributed by atoms with Crippen molar-refractivity contribution in [2.45, 2.75) is 43.3 Å². The van der Waals surface area contributed by atoms with E-state index in [2.05, 4.69) is 37.4 Å². The van der Waals surface area contributed by atoms with Crippen molar-refractivity contribution in [2.24, 2.45) is 5.92 Å². The number of rotatable bonds is 4. The topological polar surface area (TPSA) is 12.0 Å². The molecule has 0 unspecified atom stereocenters. The molecule has 3 heteroatoms. The summed E-state index contributed by atoms with van der Waals surface area (Å²) in [6, 6.07) is 6.59. The SMILES string of the molecule is CC(C)Sc1ccc(CC2CCNCC2)cc1Cl. The molecule has 1 N–H and O–H groups in total. The van der Waals surface area contributed by atoms with Crippen LogP contribution >= 0.6 is 23.4 Å². The maximum atomic E-state index is 6.36. The lowest BCUT2D eigenvalue weighted by Gasteiger charge is -2.22. The number of benzene rings is 1. The van der Waals surface area contributed by atoms with E-state index in [-0.39, 0.29) is 0 Å². The van der Waals surface area contributed by atoms with Gasteiger partial charge in [0.1, 0.15) is 0 Å². The van der Waals surface area contributed by atoms with Gasteiger partial charge in [-0.25, -0.2) is 0 Å². The van der Waals surface area contributed by atoms with Crippen LogP contribution in [0.2, 0.25) is 5.02 Å². The molecule has 0 aromatic heterocycles. The molecule has 1 heterocycles. The van der Waals surface area contributed by atoms with E-state index < -0.39 is 0 Å². The minimum Gasteiger partial charge on any atom is -0.317 e. The first-order valence-electron chi connectivity index (χ1n) is 6.81. The Labute approximate surface area is 120 Å². The third-order valence-corrected chi connectivity index (χ3v) is 4.85. The van der Waals surface area contributed by atoms with Crippen LogP contribution in [0.25, 0.3) is 0 Å². The summed E-state index contributed by atoms with van der Waals surface area (Å²) in [6.45, 7) is 6.73. The zero-order chi connectivity index (χ0) is 13.0. The van der Waals surface area contributed by atoms with Gasteiger partial charge in [-0.1, -0.05) is 31.5 Å². The Bertz CT molecular complexity index is 386. The van der Waals surface area contributed by atoms with Gasteiger partial charge in [-0.3, -0.25) is 0 Å². The predicted octanol–water partition coefficient (Wildman–Crippen LogP) is 4.38. The van der Waals surface area contributed by atoms with Crippen molar-refractivity contribution in [3.05, 3.63) is 28.8 Å². The zero-order valence-electron chi connectivity index (χ0n) is 11.2. The van der Waals surface area contributed by atoms with Crippen LogP contribution in [-0.4, -0.2) is 18.3 Å². The first-order chi connectivity index (χ1) is 8.65. The molecule has 0 saturated carbocycles. The lowest BCUT2D eigenvalue weighted by atomic mass is 9.91. The van der Waals surface area contributed by atoms with E-state index in [1.54, 1.807) is 0 Å². The van der Waals surface area contributed by atoms with Gasteiger partial charge in [0, 0.05) is 10.1 Å². The van der Waals surface area contributed by atoms with Gasteiger partial charge in [-0.2, -0.15) is 0 Å². The normalized spacial score (nSPS) is 17.3. The summed E-state index contributed by atoms with van der Waals surface area (Å²) < 4.78 is 0. The maximum Gasteiger partial charge on any atom is 0.0544 e. The molecule has 0 radical (unpaired) electrons. The van der Waals surface area contributed by atoms with Crippen LogP contribution in [-0.2, 0) is 6.42 Å². The van der Waals surface area contributed by atoms with Crippen LogP contribution in [0.5, 0.6) is 0 Å². The van der Waals surface area contributed by atoms with E-state index in [1.165, 1.54) is 42.8 Å². The van der Waals surface area contributed by atoms with Gasteiger partial charge in [0.25, 0.3) is 0 Å². The van der Waals surface area contributed by atoms with E-state index in [1.807, 2.05) is 11.8 Å². The smallest absolute Gasteiger partial charge is 0.0544 e. The van der Waals surface area contributed by atoms with Crippen LogP contribution in [0.15, 0.2) is 23.1 Å². The highest BCUT2D eigenvalue weighted by Gasteiger charge is 2.14. The number of hydrogen-bond donors (Lipinski definition) is 1. The van der Waals surface area contributed by atoms with Gasteiger partial charge >= 0.3 is 0 Å². The first kappa shape index (κ1) is 14.2. The average Bonchev–Trinajstić information content (AvgIpc) is 2.33. The molecular formula is C15H22ClNS. The fraction of sp³-hybridized carbons (Fsp3) is 0.600. The fourth-order valence-electron chi connectivity index (χ4n) is 2.44. The summed E-state index contributed by atoms with van der Waals surface area (Å²) in [6.07, 6.45) is 3.76. The van der Waals surface area contributed by atoms with Crippen LogP contribution < -0.4 is 5.32 Å².